The molecule has 0 saturated heterocycles. The molecule has 1 atom stereocenters. The SMILES string of the molecule is CC(C)CCCCCCCCCCCCCCCCCCCCC(=O)O[C@@H](COC(=O)CCCCCCCCCCCCCCCCCCC(C)C)COC(=O)CCCCCCCCCCCCC(C)C. The molecule has 0 fully saturated rings. The smallest absolute Gasteiger partial charge is 0.306 e. The second kappa shape index (κ2) is 56.1. The fourth-order valence-corrected chi connectivity index (χ4v) is 10.1. The van der Waals surface area contributed by atoms with Crippen molar-refractivity contribution in [3.63, 3.8) is 0 Å². The maximum atomic E-state index is 12.9. The Balaban J connectivity index is 4.25. The maximum Gasteiger partial charge on any atom is 0.306 e. The van der Waals surface area contributed by atoms with Crippen LogP contribution in [0.1, 0.15) is 363 Å². The number of carbonyl (C=O) groups is 3. The van der Waals surface area contributed by atoms with Crippen molar-refractivity contribution in [2.24, 2.45) is 17.8 Å². The van der Waals surface area contributed by atoms with Gasteiger partial charge in [-0.1, -0.05) is 324 Å². The predicted molar refractivity (Wildman–Crippen MR) is 307 cm³/mol. The lowest BCUT2D eigenvalue weighted by Crippen LogP contribution is -2.30. The van der Waals surface area contributed by atoms with E-state index >= 15 is 0 Å². The minimum atomic E-state index is -0.764. The van der Waals surface area contributed by atoms with Crippen LogP contribution in [-0.2, 0) is 28.6 Å². The molecule has 0 aromatic rings. The number of esters is 3. The van der Waals surface area contributed by atoms with Gasteiger partial charge >= 0.3 is 17.9 Å². The van der Waals surface area contributed by atoms with Crippen LogP contribution in [0.2, 0.25) is 0 Å². The van der Waals surface area contributed by atoms with Crippen molar-refractivity contribution in [1.82, 2.24) is 0 Å². The van der Waals surface area contributed by atoms with Crippen LogP contribution in [0.5, 0.6) is 0 Å². The third kappa shape index (κ3) is 59.2. The van der Waals surface area contributed by atoms with Crippen LogP contribution in [0.25, 0.3) is 0 Å². The largest absolute Gasteiger partial charge is 0.462 e. The molecule has 0 aliphatic heterocycles. The quantitative estimate of drug-likeness (QED) is 0.0343. The summed E-state index contributed by atoms with van der Waals surface area (Å²) in [6.07, 6.45) is 61.1. The summed E-state index contributed by atoms with van der Waals surface area (Å²) in [4.78, 5) is 38.3. The van der Waals surface area contributed by atoms with Gasteiger partial charge in [0, 0.05) is 19.3 Å². The molecule has 0 aromatic carbocycles. The monoisotopic (exact) mass is 1000 g/mol. The number of carbonyl (C=O) groups excluding carboxylic acids is 3. The molecule has 0 bridgehead atoms. The third-order valence-electron chi connectivity index (χ3n) is 14.9. The summed E-state index contributed by atoms with van der Waals surface area (Å²) in [6, 6.07) is 0. The Morgan fingerprint density at radius 1 is 0.239 bits per heavy atom. The van der Waals surface area contributed by atoms with Gasteiger partial charge in [-0.15, -0.1) is 0 Å². The molecule has 0 amide bonds. The van der Waals surface area contributed by atoms with Gasteiger partial charge in [-0.25, -0.2) is 0 Å². The van der Waals surface area contributed by atoms with Gasteiger partial charge in [-0.2, -0.15) is 0 Å². The van der Waals surface area contributed by atoms with Crippen molar-refractivity contribution in [3.8, 4) is 0 Å². The number of hydrogen-bond donors (Lipinski definition) is 0. The number of unbranched alkanes of at least 4 members (excludes halogenated alkanes) is 41. The second-order valence-corrected chi connectivity index (χ2v) is 23.8. The molecular formula is C65H126O6. The summed E-state index contributed by atoms with van der Waals surface area (Å²) in [5.41, 5.74) is 0. The van der Waals surface area contributed by atoms with Gasteiger partial charge in [0.2, 0.25) is 0 Å². The molecule has 0 unspecified atom stereocenters. The van der Waals surface area contributed by atoms with Crippen molar-refractivity contribution < 1.29 is 28.6 Å². The van der Waals surface area contributed by atoms with E-state index in [4.69, 9.17) is 14.2 Å². The number of hydrogen-bond acceptors (Lipinski definition) is 6. The van der Waals surface area contributed by atoms with Crippen LogP contribution in [-0.4, -0.2) is 37.2 Å². The van der Waals surface area contributed by atoms with E-state index in [1.165, 1.54) is 244 Å². The predicted octanol–water partition coefficient (Wildman–Crippen LogP) is 21.5. The molecule has 0 rings (SSSR count). The molecule has 0 aliphatic carbocycles. The first-order valence-corrected chi connectivity index (χ1v) is 32.1. The first-order valence-electron chi connectivity index (χ1n) is 32.1. The van der Waals surface area contributed by atoms with E-state index in [0.717, 1.165) is 75.5 Å². The molecule has 71 heavy (non-hydrogen) atoms. The standard InChI is InChI=1S/C65H126O6/c1-59(2)51-45-39-33-27-21-17-13-9-7-8-10-16-20-24-32-38-44-50-56-65(68)71-62(58-70-64(67)55-49-43-37-31-26-25-29-35-41-47-53-61(5)6)57-69-63(66)54-48-42-36-30-23-19-15-12-11-14-18-22-28-34-40-46-52-60(3)4/h59-62H,7-58H2,1-6H3/t62-/m0/s1. The fourth-order valence-electron chi connectivity index (χ4n) is 10.1. The molecule has 6 heteroatoms. The van der Waals surface area contributed by atoms with E-state index in [1.54, 1.807) is 0 Å². The van der Waals surface area contributed by atoms with E-state index in [-0.39, 0.29) is 31.1 Å². The lowest BCUT2D eigenvalue weighted by Gasteiger charge is -2.18. The molecule has 6 nitrogen and oxygen atoms in total. The van der Waals surface area contributed by atoms with Gasteiger partial charge < -0.3 is 14.2 Å². The summed E-state index contributed by atoms with van der Waals surface area (Å²) in [5, 5.41) is 0. The Morgan fingerprint density at radius 2 is 0.408 bits per heavy atom. The summed E-state index contributed by atoms with van der Waals surface area (Å²) >= 11 is 0. The summed E-state index contributed by atoms with van der Waals surface area (Å²) in [7, 11) is 0. The van der Waals surface area contributed by atoms with Crippen molar-refractivity contribution in [2.45, 2.75) is 369 Å². The van der Waals surface area contributed by atoms with Crippen LogP contribution in [0.4, 0.5) is 0 Å². The first-order chi connectivity index (χ1) is 34.6. The zero-order valence-corrected chi connectivity index (χ0v) is 49.0. The van der Waals surface area contributed by atoms with Crippen molar-refractivity contribution >= 4 is 17.9 Å². The topological polar surface area (TPSA) is 78.9 Å². The zero-order chi connectivity index (χ0) is 51.9. The number of ether oxygens (including phenoxy) is 3. The highest BCUT2D eigenvalue weighted by Crippen LogP contribution is 2.19. The van der Waals surface area contributed by atoms with Crippen LogP contribution < -0.4 is 0 Å². The average Bonchev–Trinajstić information content (AvgIpc) is 3.33. The van der Waals surface area contributed by atoms with E-state index in [2.05, 4.69) is 41.5 Å². The van der Waals surface area contributed by atoms with E-state index in [9.17, 15) is 14.4 Å². The Kier molecular flexibility index (Phi) is 54.9. The normalized spacial score (nSPS) is 12.1. The lowest BCUT2D eigenvalue weighted by atomic mass is 10.0. The Labute approximate surface area is 444 Å². The molecule has 0 heterocycles. The highest BCUT2D eigenvalue weighted by atomic mass is 16.6. The Morgan fingerprint density at radius 3 is 0.606 bits per heavy atom. The molecule has 0 N–H and O–H groups in total. The molecule has 0 saturated carbocycles. The van der Waals surface area contributed by atoms with Gasteiger partial charge in [0.15, 0.2) is 6.10 Å². The van der Waals surface area contributed by atoms with Gasteiger partial charge in [0.1, 0.15) is 13.2 Å². The van der Waals surface area contributed by atoms with Crippen molar-refractivity contribution in [3.05, 3.63) is 0 Å². The highest BCUT2D eigenvalue weighted by Gasteiger charge is 2.19. The Hall–Kier alpha value is -1.59. The fraction of sp³-hybridized carbons (Fsp3) is 0.954. The van der Waals surface area contributed by atoms with Crippen LogP contribution in [0.3, 0.4) is 0 Å². The average molecular weight is 1000 g/mol. The van der Waals surface area contributed by atoms with Crippen LogP contribution >= 0.6 is 0 Å². The first kappa shape index (κ1) is 69.4. The molecule has 0 radical (unpaired) electrons. The second-order valence-electron chi connectivity index (χ2n) is 23.8. The van der Waals surface area contributed by atoms with Crippen LogP contribution in [0, 0.1) is 17.8 Å². The van der Waals surface area contributed by atoms with Gasteiger partial charge in [0.05, 0.1) is 0 Å². The highest BCUT2D eigenvalue weighted by molar-refractivity contribution is 5.71. The third-order valence-corrected chi connectivity index (χ3v) is 14.9. The van der Waals surface area contributed by atoms with Gasteiger partial charge in [-0.05, 0) is 37.0 Å². The lowest BCUT2D eigenvalue weighted by molar-refractivity contribution is -0.167. The Bertz CT molecular complexity index is 1100. The summed E-state index contributed by atoms with van der Waals surface area (Å²) in [5.74, 6) is 1.69. The molecule has 0 spiro atoms. The maximum absolute atomic E-state index is 12.9. The minimum Gasteiger partial charge on any atom is -0.462 e. The van der Waals surface area contributed by atoms with E-state index < -0.39 is 6.10 Å². The molecule has 0 aromatic heterocycles. The molecular weight excluding hydrogens is 877 g/mol. The van der Waals surface area contributed by atoms with Crippen molar-refractivity contribution in [2.75, 3.05) is 13.2 Å². The van der Waals surface area contributed by atoms with Crippen molar-refractivity contribution in [1.29, 1.82) is 0 Å². The molecule has 0 aliphatic rings. The van der Waals surface area contributed by atoms with E-state index in [1.807, 2.05) is 0 Å². The van der Waals surface area contributed by atoms with Crippen LogP contribution in [0.15, 0.2) is 0 Å². The van der Waals surface area contributed by atoms with Gasteiger partial charge in [-0.3, -0.25) is 14.4 Å². The summed E-state index contributed by atoms with van der Waals surface area (Å²) in [6.45, 7) is 13.8. The van der Waals surface area contributed by atoms with E-state index in [0.29, 0.717) is 19.3 Å². The number of rotatable bonds is 58. The minimum absolute atomic E-state index is 0.0627. The zero-order valence-electron chi connectivity index (χ0n) is 49.0. The van der Waals surface area contributed by atoms with Gasteiger partial charge in [0.25, 0.3) is 0 Å². The summed E-state index contributed by atoms with van der Waals surface area (Å²) < 4.78 is 17.0. The molecule has 422 valence electrons.